The molecule has 0 bridgehead atoms. The minimum atomic E-state index is -0.158. The van der Waals surface area contributed by atoms with Crippen molar-refractivity contribution in [2.75, 3.05) is 7.11 Å². The molecule has 0 unspecified atom stereocenters. The maximum atomic E-state index is 13.1. The lowest BCUT2D eigenvalue weighted by Crippen LogP contribution is -2.23. The number of rotatable bonds is 6. The van der Waals surface area contributed by atoms with E-state index in [-0.39, 0.29) is 11.1 Å². The number of pyridine rings is 3. The largest absolute Gasteiger partial charge is 0.497 e. The summed E-state index contributed by atoms with van der Waals surface area (Å²) in [5, 5.41) is 0.935. The van der Waals surface area contributed by atoms with Gasteiger partial charge in [0.25, 0.3) is 11.1 Å². The number of fused-ring (bicyclic) bond motifs is 2. The Labute approximate surface area is 174 Å². The van der Waals surface area contributed by atoms with E-state index in [0.29, 0.717) is 40.8 Å². The van der Waals surface area contributed by atoms with Gasteiger partial charge in [-0.25, -0.2) is 4.98 Å². The Balaban J connectivity index is 1.77. The van der Waals surface area contributed by atoms with Gasteiger partial charge in [-0.3, -0.25) is 9.59 Å². The third kappa shape index (κ3) is 3.85. The first kappa shape index (κ1) is 19.9. The van der Waals surface area contributed by atoms with Crippen molar-refractivity contribution >= 4 is 21.8 Å². The van der Waals surface area contributed by atoms with E-state index in [1.807, 2.05) is 36.4 Å². The number of hydrogen-bond acceptors (Lipinski definition) is 4. The SMILES string of the molecule is COc1ccc(Cn2ccc3nc4ccn(CCC(C)C)c(=O)c4cc3c2=O)cc1. The van der Waals surface area contributed by atoms with Crippen molar-refractivity contribution in [3.8, 4) is 5.75 Å². The molecule has 4 rings (SSSR count). The molecule has 4 aromatic rings. The quantitative estimate of drug-likeness (QED) is 0.459. The third-order valence-corrected chi connectivity index (χ3v) is 5.35. The number of nitrogens with zero attached hydrogens (tertiary/aromatic N) is 3. The molecule has 30 heavy (non-hydrogen) atoms. The van der Waals surface area contributed by atoms with Crippen LogP contribution in [0.1, 0.15) is 25.8 Å². The van der Waals surface area contributed by atoms with Crippen LogP contribution in [0.5, 0.6) is 5.75 Å². The number of methoxy groups -OCH3 is 1. The molecule has 0 saturated carbocycles. The van der Waals surface area contributed by atoms with E-state index in [2.05, 4.69) is 18.8 Å². The molecule has 0 spiro atoms. The van der Waals surface area contributed by atoms with Crippen LogP contribution in [0.25, 0.3) is 21.8 Å². The van der Waals surface area contributed by atoms with E-state index < -0.39 is 0 Å². The van der Waals surface area contributed by atoms with Crippen LogP contribution in [0.15, 0.2) is 64.4 Å². The highest BCUT2D eigenvalue weighted by Crippen LogP contribution is 2.16. The van der Waals surface area contributed by atoms with Crippen molar-refractivity contribution in [2.24, 2.45) is 5.92 Å². The van der Waals surface area contributed by atoms with Crippen LogP contribution in [0, 0.1) is 5.92 Å². The van der Waals surface area contributed by atoms with Crippen LogP contribution in [-0.2, 0) is 13.1 Å². The van der Waals surface area contributed by atoms with Gasteiger partial charge >= 0.3 is 0 Å². The standard InChI is InChI=1S/C24H25N3O3/c1-16(2)8-11-26-12-9-21-19(23(26)28)14-20-22(25-21)10-13-27(24(20)29)15-17-4-6-18(30-3)7-5-17/h4-7,9-10,12-14,16H,8,11,15H2,1-3H3. The Morgan fingerprint density at radius 3 is 2.10 bits per heavy atom. The predicted octanol–water partition coefficient (Wildman–Crippen LogP) is 3.81. The van der Waals surface area contributed by atoms with E-state index >= 15 is 0 Å². The molecule has 3 aromatic heterocycles. The fourth-order valence-electron chi connectivity index (χ4n) is 3.53. The summed E-state index contributed by atoms with van der Waals surface area (Å²) >= 11 is 0. The summed E-state index contributed by atoms with van der Waals surface area (Å²) in [6.07, 6.45) is 4.45. The third-order valence-electron chi connectivity index (χ3n) is 5.35. The van der Waals surface area contributed by atoms with Gasteiger partial charge < -0.3 is 13.9 Å². The van der Waals surface area contributed by atoms with Gasteiger partial charge in [0.1, 0.15) is 5.75 Å². The molecule has 0 saturated heterocycles. The summed E-state index contributed by atoms with van der Waals surface area (Å²) < 4.78 is 8.52. The zero-order valence-electron chi connectivity index (χ0n) is 17.5. The molecule has 0 amide bonds. The van der Waals surface area contributed by atoms with Gasteiger partial charge in [-0.2, -0.15) is 0 Å². The average molecular weight is 403 g/mol. The lowest BCUT2D eigenvalue weighted by atomic mass is 10.1. The van der Waals surface area contributed by atoms with E-state index in [0.717, 1.165) is 17.7 Å². The van der Waals surface area contributed by atoms with Crippen LogP contribution in [-0.4, -0.2) is 21.2 Å². The van der Waals surface area contributed by atoms with Crippen LogP contribution in [0.2, 0.25) is 0 Å². The fourth-order valence-corrected chi connectivity index (χ4v) is 3.53. The molecule has 0 fully saturated rings. The molecule has 154 valence electrons. The highest BCUT2D eigenvalue weighted by atomic mass is 16.5. The zero-order chi connectivity index (χ0) is 21.3. The molecule has 1 aromatic carbocycles. The molecule has 0 atom stereocenters. The van der Waals surface area contributed by atoms with Crippen molar-refractivity contribution in [3.05, 3.63) is 81.1 Å². The minimum absolute atomic E-state index is 0.104. The summed E-state index contributed by atoms with van der Waals surface area (Å²) in [6, 6.07) is 13.0. The number of benzene rings is 1. The van der Waals surface area contributed by atoms with Gasteiger partial charge in [0.15, 0.2) is 0 Å². The maximum Gasteiger partial charge on any atom is 0.260 e. The normalized spacial score (nSPS) is 11.5. The van der Waals surface area contributed by atoms with E-state index in [1.54, 1.807) is 34.7 Å². The number of aryl methyl sites for hydroxylation is 1. The van der Waals surface area contributed by atoms with Gasteiger partial charge in [-0.05, 0) is 48.2 Å². The molecule has 0 aliphatic heterocycles. The van der Waals surface area contributed by atoms with Crippen molar-refractivity contribution < 1.29 is 4.74 Å². The lowest BCUT2D eigenvalue weighted by molar-refractivity contribution is 0.414. The van der Waals surface area contributed by atoms with Gasteiger partial charge in [-0.1, -0.05) is 26.0 Å². The monoisotopic (exact) mass is 403 g/mol. The topological polar surface area (TPSA) is 66.1 Å². The van der Waals surface area contributed by atoms with Crippen LogP contribution < -0.4 is 15.9 Å². The van der Waals surface area contributed by atoms with Gasteiger partial charge in [0.05, 0.1) is 35.5 Å². The van der Waals surface area contributed by atoms with Crippen LogP contribution >= 0.6 is 0 Å². The first-order valence-corrected chi connectivity index (χ1v) is 10.1. The van der Waals surface area contributed by atoms with Gasteiger partial charge in [0.2, 0.25) is 0 Å². The van der Waals surface area contributed by atoms with Gasteiger partial charge in [-0.15, -0.1) is 0 Å². The van der Waals surface area contributed by atoms with E-state index in [1.165, 1.54) is 0 Å². The summed E-state index contributed by atoms with van der Waals surface area (Å²) in [6.45, 7) is 5.35. The molecule has 0 N–H and O–H groups in total. The summed E-state index contributed by atoms with van der Waals surface area (Å²) in [5.74, 6) is 1.28. The predicted molar refractivity (Wildman–Crippen MR) is 119 cm³/mol. The maximum absolute atomic E-state index is 13.1. The molecule has 0 aliphatic rings. The summed E-state index contributed by atoms with van der Waals surface area (Å²) in [5.41, 5.74) is 1.93. The molecular weight excluding hydrogens is 378 g/mol. The minimum Gasteiger partial charge on any atom is -0.497 e. The van der Waals surface area contributed by atoms with Crippen molar-refractivity contribution in [2.45, 2.75) is 33.4 Å². The summed E-state index contributed by atoms with van der Waals surface area (Å²) in [4.78, 5) is 30.6. The number of ether oxygens (including phenoxy) is 1. The van der Waals surface area contributed by atoms with E-state index in [9.17, 15) is 9.59 Å². The molecular formula is C24H25N3O3. The number of hydrogen-bond donors (Lipinski definition) is 0. The van der Waals surface area contributed by atoms with E-state index in [4.69, 9.17) is 4.74 Å². The Bertz CT molecular complexity index is 1320. The summed E-state index contributed by atoms with van der Waals surface area (Å²) in [7, 11) is 1.62. The van der Waals surface area contributed by atoms with Crippen LogP contribution in [0.3, 0.4) is 0 Å². The van der Waals surface area contributed by atoms with Crippen molar-refractivity contribution in [1.82, 2.24) is 14.1 Å². The van der Waals surface area contributed by atoms with Crippen LogP contribution in [0.4, 0.5) is 0 Å². The van der Waals surface area contributed by atoms with Crippen molar-refractivity contribution in [3.63, 3.8) is 0 Å². The number of aromatic nitrogens is 3. The van der Waals surface area contributed by atoms with Crippen molar-refractivity contribution in [1.29, 1.82) is 0 Å². The second-order valence-electron chi connectivity index (χ2n) is 7.95. The Morgan fingerprint density at radius 2 is 1.50 bits per heavy atom. The average Bonchev–Trinajstić information content (AvgIpc) is 2.75. The highest BCUT2D eigenvalue weighted by Gasteiger charge is 2.10. The Kier molecular flexibility index (Phi) is 5.40. The molecule has 0 radical (unpaired) electrons. The fraction of sp³-hybridized carbons (Fsp3) is 0.292. The molecule has 3 heterocycles. The molecule has 6 nitrogen and oxygen atoms in total. The zero-order valence-corrected chi connectivity index (χ0v) is 17.5. The first-order valence-electron chi connectivity index (χ1n) is 10.1. The second kappa shape index (κ2) is 8.14. The molecule has 6 heteroatoms. The lowest BCUT2D eigenvalue weighted by Gasteiger charge is -2.11. The Hall–Kier alpha value is -3.41. The highest BCUT2D eigenvalue weighted by molar-refractivity contribution is 5.91. The second-order valence-corrected chi connectivity index (χ2v) is 7.95. The molecule has 0 aliphatic carbocycles. The smallest absolute Gasteiger partial charge is 0.260 e. The first-order chi connectivity index (χ1) is 14.5. The Morgan fingerprint density at radius 1 is 0.900 bits per heavy atom. The van der Waals surface area contributed by atoms with Gasteiger partial charge in [0, 0.05) is 18.9 Å².